The number of anilines is 2. The highest BCUT2D eigenvalue weighted by molar-refractivity contribution is 6.34. The lowest BCUT2D eigenvalue weighted by Crippen LogP contribution is -2.17. The Hall–Kier alpha value is -2.08. The summed E-state index contributed by atoms with van der Waals surface area (Å²) in [7, 11) is 0. The van der Waals surface area contributed by atoms with E-state index in [1.165, 1.54) is 0 Å². The lowest BCUT2D eigenvalue weighted by molar-refractivity contribution is -0.139. The summed E-state index contributed by atoms with van der Waals surface area (Å²) >= 11 is 6.04. The van der Waals surface area contributed by atoms with Crippen molar-refractivity contribution in [2.45, 2.75) is 12.8 Å². The van der Waals surface area contributed by atoms with E-state index in [1.54, 1.807) is 12.1 Å². The molecule has 1 aliphatic heterocycles. The van der Waals surface area contributed by atoms with Crippen LogP contribution in [0.3, 0.4) is 0 Å². The monoisotopic (exact) mass is 294 g/mol. The minimum Gasteiger partial charge on any atom is -0.481 e. The molecule has 0 spiro atoms. The SMILES string of the molecule is O=C1Cc2cc(NC(=O)C3CC3C(=O)O)c(Cl)cc2N1. The van der Waals surface area contributed by atoms with Crippen molar-refractivity contribution in [2.24, 2.45) is 11.8 Å². The summed E-state index contributed by atoms with van der Waals surface area (Å²) in [5, 5.41) is 14.4. The van der Waals surface area contributed by atoms with Crippen molar-refractivity contribution in [3.63, 3.8) is 0 Å². The summed E-state index contributed by atoms with van der Waals surface area (Å²) in [6.07, 6.45) is 0.598. The van der Waals surface area contributed by atoms with Gasteiger partial charge in [-0.15, -0.1) is 0 Å². The van der Waals surface area contributed by atoms with E-state index in [-0.39, 0.29) is 18.2 Å². The Labute approximate surface area is 119 Å². The van der Waals surface area contributed by atoms with Crippen molar-refractivity contribution in [3.8, 4) is 0 Å². The number of carbonyl (C=O) groups excluding carboxylic acids is 2. The third-order valence-corrected chi connectivity index (χ3v) is 3.83. The average Bonchev–Trinajstić information content (AvgIpc) is 3.08. The van der Waals surface area contributed by atoms with Crippen molar-refractivity contribution in [1.29, 1.82) is 0 Å². The molecule has 1 saturated carbocycles. The number of carbonyl (C=O) groups is 3. The highest BCUT2D eigenvalue weighted by Gasteiger charge is 2.48. The number of hydrogen-bond acceptors (Lipinski definition) is 3. The molecule has 1 aromatic rings. The smallest absolute Gasteiger partial charge is 0.307 e. The molecule has 3 N–H and O–H groups in total. The van der Waals surface area contributed by atoms with E-state index in [9.17, 15) is 14.4 Å². The van der Waals surface area contributed by atoms with Crippen molar-refractivity contribution in [3.05, 3.63) is 22.7 Å². The molecule has 2 aliphatic rings. The lowest BCUT2D eigenvalue weighted by Gasteiger charge is -2.09. The summed E-state index contributed by atoms with van der Waals surface area (Å²) in [4.78, 5) is 33.9. The molecule has 2 atom stereocenters. The van der Waals surface area contributed by atoms with Gasteiger partial charge in [-0.25, -0.2) is 0 Å². The van der Waals surface area contributed by atoms with Crippen LogP contribution in [0.25, 0.3) is 0 Å². The number of aliphatic carboxylic acids is 1. The van der Waals surface area contributed by atoms with Crippen molar-refractivity contribution in [1.82, 2.24) is 0 Å². The molecule has 2 unspecified atom stereocenters. The van der Waals surface area contributed by atoms with Crippen LogP contribution in [0.4, 0.5) is 11.4 Å². The van der Waals surface area contributed by atoms with E-state index < -0.39 is 17.8 Å². The Bertz CT molecular complexity index is 644. The molecule has 0 radical (unpaired) electrons. The minimum absolute atomic E-state index is 0.118. The summed E-state index contributed by atoms with van der Waals surface area (Å²) in [6, 6.07) is 3.23. The number of carboxylic acids is 1. The molecule has 1 heterocycles. The van der Waals surface area contributed by atoms with Crippen LogP contribution in [0.15, 0.2) is 12.1 Å². The van der Waals surface area contributed by atoms with Gasteiger partial charge in [0.25, 0.3) is 0 Å². The summed E-state index contributed by atoms with van der Waals surface area (Å²) in [5.74, 6) is -2.53. The van der Waals surface area contributed by atoms with E-state index in [4.69, 9.17) is 16.7 Å². The highest BCUT2D eigenvalue weighted by Crippen LogP contribution is 2.40. The molecular weight excluding hydrogens is 284 g/mol. The van der Waals surface area contributed by atoms with Crippen LogP contribution in [0.5, 0.6) is 0 Å². The molecule has 0 aromatic heterocycles. The van der Waals surface area contributed by atoms with E-state index in [2.05, 4.69) is 10.6 Å². The van der Waals surface area contributed by atoms with E-state index >= 15 is 0 Å². The number of carboxylic acid groups (broad SMARTS) is 1. The van der Waals surface area contributed by atoms with E-state index in [1.807, 2.05) is 0 Å². The second-order valence-electron chi connectivity index (χ2n) is 4.99. The van der Waals surface area contributed by atoms with Gasteiger partial charge in [0.15, 0.2) is 0 Å². The molecule has 104 valence electrons. The molecule has 0 saturated heterocycles. The second-order valence-corrected chi connectivity index (χ2v) is 5.40. The number of rotatable bonds is 3. The maximum Gasteiger partial charge on any atom is 0.307 e. The Kier molecular flexibility index (Phi) is 2.90. The third kappa shape index (κ3) is 2.22. The number of nitrogens with one attached hydrogen (secondary N) is 2. The van der Waals surface area contributed by atoms with Crippen LogP contribution in [0.2, 0.25) is 5.02 Å². The topological polar surface area (TPSA) is 95.5 Å². The Morgan fingerprint density at radius 2 is 2.10 bits per heavy atom. The molecular formula is C13H11ClN2O4. The van der Waals surface area contributed by atoms with Gasteiger partial charge in [-0.3, -0.25) is 14.4 Å². The van der Waals surface area contributed by atoms with Gasteiger partial charge in [0.2, 0.25) is 11.8 Å². The van der Waals surface area contributed by atoms with E-state index in [0.29, 0.717) is 22.8 Å². The molecule has 0 bridgehead atoms. The van der Waals surface area contributed by atoms with Gasteiger partial charge in [-0.1, -0.05) is 11.6 Å². The zero-order chi connectivity index (χ0) is 14.4. The first-order chi connectivity index (χ1) is 9.45. The number of amides is 2. The van der Waals surface area contributed by atoms with Crippen LogP contribution in [-0.2, 0) is 20.8 Å². The number of halogens is 1. The minimum atomic E-state index is -0.958. The van der Waals surface area contributed by atoms with Crippen molar-refractivity contribution >= 4 is 40.8 Å². The second kappa shape index (κ2) is 4.49. The van der Waals surface area contributed by atoms with Gasteiger partial charge in [0, 0.05) is 5.69 Å². The van der Waals surface area contributed by atoms with Gasteiger partial charge >= 0.3 is 5.97 Å². The predicted molar refractivity (Wildman–Crippen MR) is 71.6 cm³/mol. The van der Waals surface area contributed by atoms with Crippen LogP contribution in [-0.4, -0.2) is 22.9 Å². The van der Waals surface area contributed by atoms with Gasteiger partial charge < -0.3 is 15.7 Å². The zero-order valence-corrected chi connectivity index (χ0v) is 11.0. The zero-order valence-electron chi connectivity index (χ0n) is 10.3. The third-order valence-electron chi connectivity index (χ3n) is 3.52. The average molecular weight is 295 g/mol. The van der Waals surface area contributed by atoms with Crippen molar-refractivity contribution in [2.75, 3.05) is 10.6 Å². The molecule has 2 amide bonds. The molecule has 7 heteroatoms. The first-order valence-corrected chi connectivity index (χ1v) is 6.49. The molecule has 1 fully saturated rings. The Morgan fingerprint density at radius 1 is 1.35 bits per heavy atom. The fourth-order valence-corrected chi connectivity index (χ4v) is 2.54. The first kappa shape index (κ1) is 12.9. The number of fused-ring (bicyclic) bond motifs is 1. The van der Waals surface area contributed by atoms with Crippen molar-refractivity contribution < 1.29 is 19.5 Å². The van der Waals surface area contributed by atoms with Gasteiger partial charge in [0.1, 0.15) is 0 Å². The largest absolute Gasteiger partial charge is 0.481 e. The number of benzene rings is 1. The first-order valence-electron chi connectivity index (χ1n) is 6.11. The normalized spacial score (nSPS) is 22.9. The fraction of sp³-hybridized carbons (Fsp3) is 0.308. The fourth-order valence-electron chi connectivity index (χ4n) is 2.33. The predicted octanol–water partition coefficient (Wildman–Crippen LogP) is 1.49. The van der Waals surface area contributed by atoms with Gasteiger partial charge in [0.05, 0.1) is 29.0 Å². The molecule has 20 heavy (non-hydrogen) atoms. The van der Waals surface area contributed by atoms with Crippen LogP contribution in [0.1, 0.15) is 12.0 Å². The molecule has 1 aliphatic carbocycles. The number of hydrogen-bond donors (Lipinski definition) is 3. The molecule has 3 rings (SSSR count). The van der Waals surface area contributed by atoms with E-state index in [0.717, 1.165) is 5.56 Å². The Morgan fingerprint density at radius 3 is 2.75 bits per heavy atom. The maximum absolute atomic E-state index is 11.9. The maximum atomic E-state index is 11.9. The lowest BCUT2D eigenvalue weighted by atomic mass is 10.1. The van der Waals surface area contributed by atoms with Crippen LogP contribution >= 0.6 is 11.6 Å². The van der Waals surface area contributed by atoms with Crippen LogP contribution < -0.4 is 10.6 Å². The molecule has 6 nitrogen and oxygen atoms in total. The summed E-state index contributed by atoms with van der Waals surface area (Å²) in [6.45, 7) is 0. The Balaban J connectivity index is 1.76. The highest BCUT2D eigenvalue weighted by atomic mass is 35.5. The van der Waals surface area contributed by atoms with Crippen LogP contribution in [0, 0.1) is 11.8 Å². The quantitative estimate of drug-likeness (QED) is 0.787. The molecule has 1 aromatic carbocycles. The summed E-state index contributed by atoms with van der Waals surface area (Å²) < 4.78 is 0. The van der Waals surface area contributed by atoms with Gasteiger partial charge in [-0.2, -0.15) is 0 Å². The standard InChI is InChI=1S/C13H11ClN2O4/c14-8-4-9-5(2-11(17)15-9)1-10(8)16-12(18)6-3-7(6)13(19)20/h1,4,6-7H,2-3H2,(H,15,17)(H,16,18)(H,19,20). The summed E-state index contributed by atoms with van der Waals surface area (Å²) in [5.41, 5.74) is 1.82. The van der Waals surface area contributed by atoms with Gasteiger partial charge in [-0.05, 0) is 24.1 Å².